The molecule has 0 saturated heterocycles. The molecule has 148 valence electrons. The molecule has 0 aliphatic rings. The number of aromatic amines is 1. The fraction of sp³-hybridized carbons (Fsp3) is 0.409. The monoisotopic (exact) mass is 396 g/mol. The Kier molecular flexibility index (Phi) is 5.53. The maximum absolute atomic E-state index is 12.9. The van der Waals surface area contributed by atoms with E-state index in [0.717, 1.165) is 28.5 Å². The Labute approximate surface area is 171 Å². The molecule has 0 fully saturated rings. The number of rotatable bonds is 5. The van der Waals surface area contributed by atoms with E-state index in [1.54, 1.807) is 0 Å². The van der Waals surface area contributed by atoms with Crippen LogP contribution in [0.4, 0.5) is 0 Å². The number of ketones is 1. The molecule has 5 nitrogen and oxygen atoms in total. The van der Waals surface area contributed by atoms with Gasteiger partial charge in [0.15, 0.2) is 5.78 Å². The standard InChI is InChI=1S/C22H28N4OS/c1-13-8-14(2)10-17(9-13)26-15(3)11-18(16(26)4)19(27)12-28-21-23-20(24-25-21)22(5,6)7/h8-11H,12H2,1-7H3,(H,23,24,25). The quantitative estimate of drug-likeness (QED) is 0.481. The van der Waals surface area contributed by atoms with E-state index < -0.39 is 0 Å². The smallest absolute Gasteiger partial charge is 0.208 e. The number of nitrogens with zero attached hydrogens (tertiary/aromatic N) is 3. The van der Waals surface area contributed by atoms with Crippen molar-refractivity contribution >= 4 is 17.5 Å². The van der Waals surface area contributed by atoms with Crippen molar-refractivity contribution in [2.24, 2.45) is 0 Å². The fourth-order valence-electron chi connectivity index (χ4n) is 3.38. The Bertz CT molecular complexity index is 1000. The first-order valence-electron chi connectivity index (χ1n) is 9.43. The van der Waals surface area contributed by atoms with E-state index in [9.17, 15) is 4.79 Å². The van der Waals surface area contributed by atoms with Gasteiger partial charge in [0.1, 0.15) is 5.82 Å². The summed E-state index contributed by atoms with van der Waals surface area (Å²) in [6.07, 6.45) is 0. The summed E-state index contributed by atoms with van der Waals surface area (Å²) >= 11 is 1.37. The van der Waals surface area contributed by atoms with Gasteiger partial charge in [0, 0.05) is 28.1 Å². The second-order valence-corrected chi connectivity index (χ2v) is 9.34. The SMILES string of the molecule is Cc1cc(C)cc(-n2c(C)cc(C(=O)CSc3n[nH]c(C(C)(C)C)n3)c2C)c1. The second kappa shape index (κ2) is 7.59. The zero-order chi connectivity index (χ0) is 20.6. The van der Waals surface area contributed by atoms with E-state index in [0.29, 0.717) is 10.9 Å². The summed E-state index contributed by atoms with van der Waals surface area (Å²) in [6, 6.07) is 8.44. The van der Waals surface area contributed by atoms with Gasteiger partial charge in [-0.1, -0.05) is 38.6 Å². The molecule has 0 saturated carbocycles. The maximum atomic E-state index is 12.9. The predicted molar refractivity (Wildman–Crippen MR) is 115 cm³/mol. The lowest BCUT2D eigenvalue weighted by atomic mass is 9.96. The molecule has 0 unspecified atom stereocenters. The number of H-pyrrole nitrogens is 1. The molecule has 2 aromatic heterocycles. The van der Waals surface area contributed by atoms with Crippen molar-refractivity contribution in [3.63, 3.8) is 0 Å². The number of hydrogen-bond donors (Lipinski definition) is 1. The van der Waals surface area contributed by atoms with Crippen molar-refractivity contribution in [2.75, 3.05) is 5.75 Å². The average Bonchev–Trinajstić information content (AvgIpc) is 3.16. The first kappa shape index (κ1) is 20.4. The van der Waals surface area contributed by atoms with Crippen LogP contribution in [-0.2, 0) is 5.41 Å². The third kappa shape index (κ3) is 4.22. The highest BCUT2D eigenvalue weighted by molar-refractivity contribution is 7.99. The third-order valence-electron chi connectivity index (χ3n) is 4.70. The van der Waals surface area contributed by atoms with Crippen molar-refractivity contribution in [3.05, 3.63) is 58.2 Å². The van der Waals surface area contributed by atoms with Gasteiger partial charge < -0.3 is 4.57 Å². The average molecular weight is 397 g/mol. The number of aryl methyl sites for hydroxylation is 3. The van der Waals surface area contributed by atoms with Crippen LogP contribution in [0.5, 0.6) is 0 Å². The Balaban J connectivity index is 1.80. The first-order valence-corrected chi connectivity index (χ1v) is 10.4. The van der Waals surface area contributed by atoms with Crippen LogP contribution in [0.2, 0.25) is 0 Å². The molecule has 6 heteroatoms. The van der Waals surface area contributed by atoms with Gasteiger partial charge in [0.05, 0.1) is 5.75 Å². The van der Waals surface area contributed by atoms with E-state index in [-0.39, 0.29) is 11.2 Å². The molecule has 28 heavy (non-hydrogen) atoms. The topological polar surface area (TPSA) is 63.6 Å². The number of nitrogens with one attached hydrogen (secondary N) is 1. The van der Waals surface area contributed by atoms with Crippen LogP contribution in [0.25, 0.3) is 5.69 Å². The van der Waals surface area contributed by atoms with E-state index in [4.69, 9.17) is 0 Å². The molecule has 1 N–H and O–H groups in total. The summed E-state index contributed by atoms with van der Waals surface area (Å²) in [5, 5.41) is 7.81. The summed E-state index contributed by atoms with van der Waals surface area (Å²) in [7, 11) is 0. The van der Waals surface area contributed by atoms with Crippen molar-refractivity contribution in [3.8, 4) is 5.69 Å². The van der Waals surface area contributed by atoms with E-state index in [1.165, 1.54) is 22.9 Å². The van der Waals surface area contributed by atoms with Crippen molar-refractivity contribution < 1.29 is 4.79 Å². The second-order valence-electron chi connectivity index (χ2n) is 8.39. The van der Waals surface area contributed by atoms with Crippen molar-refractivity contribution in [1.29, 1.82) is 0 Å². The Hall–Kier alpha value is -2.34. The summed E-state index contributed by atoms with van der Waals surface area (Å²) in [6.45, 7) is 14.5. The van der Waals surface area contributed by atoms with Crippen LogP contribution in [0.15, 0.2) is 29.4 Å². The van der Waals surface area contributed by atoms with Crippen LogP contribution in [0.3, 0.4) is 0 Å². The fourth-order valence-corrected chi connectivity index (χ4v) is 4.06. The zero-order valence-electron chi connectivity index (χ0n) is 17.7. The van der Waals surface area contributed by atoms with Crippen LogP contribution in [0, 0.1) is 27.7 Å². The van der Waals surface area contributed by atoms with Gasteiger partial charge in [-0.3, -0.25) is 9.89 Å². The first-order chi connectivity index (χ1) is 13.1. The lowest BCUT2D eigenvalue weighted by Crippen LogP contribution is -2.13. The zero-order valence-corrected chi connectivity index (χ0v) is 18.5. The van der Waals surface area contributed by atoms with Gasteiger partial charge in [-0.2, -0.15) is 0 Å². The number of hydrogen-bond acceptors (Lipinski definition) is 4. The number of carbonyl (C=O) groups is 1. The number of benzene rings is 1. The Morgan fingerprint density at radius 3 is 2.29 bits per heavy atom. The molecule has 0 spiro atoms. The minimum Gasteiger partial charge on any atom is -0.318 e. The molecule has 0 bridgehead atoms. The molecule has 2 heterocycles. The van der Waals surface area contributed by atoms with E-state index in [1.807, 2.05) is 19.9 Å². The normalized spacial score (nSPS) is 11.8. The molecule has 0 aliphatic carbocycles. The van der Waals surface area contributed by atoms with Gasteiger partial charge in [0.2, 0.25) is 5.16 Å². The largest absolute Gasteiger partial charge is 0.318 e. The minimum atomic E-state index is -0.0906. The van der Waals surface area contributed by atoms with Crippen molar-refractivity contribution in [2.45, 2.75) is 59.0 Å². The van der Waals surface area contributed by atoms with Crippen LogP contribution < -0.4 is 0 Å². The predicted octanol–water partition coefficient (Wildman–Crippen LogP) is 5.10. The lowest BCUT2D eigenvalue weighted by molar-refractivity contribution is 0.102. The Morgan fingerprint density at radius 1 is 1.07 bits per heavy atom. The lowest BCUT2D eigenvalue weighted by Gasteiger charge is -2.12. The number of aromatic nitrogens is 4. The molecule has 3 rings (SSSR count). The molecule has 3 aromatic rings. The molecular weight excluding hydrogens is 368 g/mol. The molecule has 0 radical (unpaired) electrons. The van der Waals surface area contributed by atoms with Gasteiger partial charge >= 0.3 is 0 Å². The highest BCUT2D eigenvalue weighted by atomic mass is 32.2. The number of thioether (sulfide) groups is 1. The number of carbonyl (C=O) groups excluding carboxylic acids is 1. The molecule has 0 amide bonds. The number of Topliss-reactive ketones (excluding diaryl/α,β-unsaturated/α-hetero) is 1. The molecular formula is C22H28N4OS. The van der Waals surface area contributed by atoms with E-state index in [2.05, 4.69) is 72.6 Å². The van der Waals surface area contributed by atoms with Gasteiger partial charge in [-0.15, -0.1) is 5.10 Å². The van der Waals surface area contributed by atoms with Crippen molar-refractivity contribution in [1.82, 2.24) is 19.7 Å². The summed E-state index contributed by atoms with van der Waals surface area (Å²) in [5.74, 6) is 1.24. The third-order valence-corrected chi connectivity index (χ3v) is 5.55. The molecule has 0 atom stereocenters. The van der Waals surface area contributed by atoms with Gasteiger partial charge in [-0.25, -0.2) is 4.98 Å². The van der Waals surface area contributed by atoms with Gasteiger partial charge in [0.25, 0.3) is 0 Å². The van der Waals surface area contributed by atoms with Crippen LogP contribution in [-0.4, -0.2) is 31.3 Å². The molecule has 0 aliphatic heterocycles. The van der Waals surface area contributed by atoms with Gasteiger partial charge in [-0.05, 0) is 57.0 Å². The van der Waals surface area contributed by atoms with E-state index >= 15 is 0 Å². The van der Waals surface area contributed by atoms with Crippen LogP contribution >= 0.6 is 11.8 Å². The summed E-state index contributed by atoms with van der Waals surface area (Å²) in [5.41, 5.74) is 6.23. The summed E-state index contributed by atoms with van der Waals surface area (Å²) < 4.78 is 2.16. The molecule has 1 aromatic carbocycles. The highest BCUT2D eigenvalue weighted by Crippen LogP contribution is 2.25. The van der Waals surface area contributed by atoms with Crippen LogP contribution in [0.1, 0.15) is 59.5 Å². The highest BCUT2D eigenvalue weighted by Gasteiger charge is 2.21. The summed E-state index contributed by atoms with van der Waals surface area (Å²) in [4.78, 5) is 17.4. The minimum absolute atomic E-state index is 0.0906. The maximum Gasteiger partial charge on any atom is 0.208 e. The Morgan fingerprint density at radius 2 is 1.71 bits per heavy atom.